The van der Waals surface area contributed by atoms with Gasteiger partial charge in [-0.25, -0.2) is 0 Å². The second-order valence-corrected chi connectivity index (χ2v) is 3.78. The third-order valence-electron chi connectivity index (χ3n) is 1.64. The van der Waals surface area contributed by atoms with E-state index in [0.29, 0.717) is 6.61 Å². The van der Waals surface area contributed by atoms with Crippen LogP contribution in [0.1, 0.15) is 12.6 Å². The minimum Gasteiger partial charge on any atom is -0.465 e. The Morgan fingerprint density at radius 2 is 2.25 bits per heavy atom. The van der Waals surface area contributed by atoms with Gasteiger partial charge in [0.15, 0.2) is 0 Å². The standard InChI is InChI=1S/C8H12N4O3S/c1-3-15-6(13)4-16-8-11-10-5(2)7(14)12(8)9/h3-4,9H2,1-2H3. The molecule has 0 aliphatic carbocycles. The molecule has 1 heterocycles. The van der Waals surface area contributed by atoms with Crippen molar-refractivity contribution in [3.8, 4) is 0 Å². The van der Waals surface area contributed by atoms with Gasteiger partial charge in [0.25, 0.3) is 5.56 Å². The summed E-state index contributed by atoms with van der Waals surface area (Å²) in [4.78, 5) is 22.4. The zero-order chi connectivity index (χ0) is 12.1. The number of nitrogen functional groups attached to an aromatic ring is 1. The maximum Gasteiger partial charge on any atom is 0.316 e. The van der Waals surface area contributed by atoms with Crippen LogP contribution in [0.2, 0.25) is 0 Å². The number of carbonyl (C=O) groups excluding carboxylic acids is 1. The summed E-state index contributed by atoms with van der Waals surface area (Å²) in [6.45, 7) is 3.54. The number of esters is 1. The normalized spacial score (nSPS) is 10.1. The summed E-state index contributed by atoms with van der Waals surface area (Å²) in [6, 6.07) is 0. The lowest BCUT2D eigenvalue weighted by atomic mass is 10.5. The van der Waals surface area contributed by atoms with E-state index >= 15 is 0 Å². The highest BCUT2D eigenvalue weighted by atomic mass is 32.2. The summed E-state index contributed by atoms with van der Waals surface area (Å²) >= 11 is 1.01. The van der Waals surface area contributed by atoms with Crippen molar-refractivity contribution < 1.29 is 9.53 Å². The Morgan fingerprint density at radius 1 is 1.56 bits per heavy atom. The van der Waals surface area contributed by atoms with E-state index in [1.165, 1.54) is 6.92 Å². The first kappa shape index (κ1) is 12.5. The van der Waals surface area contributed by atoms with E-state index in [1.807, 2.05) is 0 Å². The van der Waals surface area contributed by atoms with Gasteiger partial charge in [0.1, 0.15) is 5.69 Å². The molecule has 0 unspecified atom stereocenters. The van der Waals surface area contributed by atoms with Crippen molar-refractivity contribution in [1.29, 1.82) is 0 Å². The van der Waals surface area contributed by atoms with Crippen LogP contribution in [-0.2, 0) is 9.53 Å². The van der Waals surface area contributed by atoms with E-state index in [-0.39, 0.29) is 22.6 Å². The van der Waals surface area contributed by atoms with Crippen molar-refractivity contribution in [2.24, 2.45) is 0 Å². The minimum atomic E-state index is -0.429. The number of aromatic nitrogens is 3. The quantitative estimate of drug-likeness (QED) is 0.425. The van der Waals surface area contributed by atoms with Crippen LogP contribution in [0.25, 0.3) is 0 Å². The Hall–Kier alpha value is -1.57. The van der Waals surface area contributed by atoms with Crippen LogP contribution in [-0.4, -0.2) is 33.2 Å². The lowest BCUT2D eigenvalue weighted by Gasteiger charge is -2.05. The Labute approximate surface area is 96.0 Å². The molecule has 0 aliphatic rings. The molecule has 0 saturated carbocycles. The highest BCUT2D eigenvalue weighted by molar-refractivity contribution is 7.99. The molecule has 16 heavy (non-hydrogen) atoms. The molecule has 2 N–H and O–H groups in total. The number of aryl methyl sites for hydroxylation is 1. The molecule has 0 radical (unpaired) electrons. The van der Waals surface area contributed by atoms with Crippen LogP contribution in [0.15, 0.2) is 9.95 Å². The van der Waals surface area contributed by atoms with Crippen molar-refractivity contribution in [2.45, 2.75) is 19.0 Å². The Bertz CT molecular complexity index is 445. The summed E-state index contributed by atoms with van der Waals surface area (Å²) in [6.07, 6.45) is 0. The predicted octanol–water partition coefficient (Wildman–Crippen LogP) is -0.684. The number of hydrogen-bond acceptors (Lipinski definition) is 7. The summed E-state index contributed by atoms with van der Waals surface area (Å²) < 4.78 is 5.59. The van der Waals surface area contributed by atoms with Crippen molar-refractivity contribution in [1.82, 2.24) is 14.9 Å². The first-order valence-corrected chi connectivity index (χ1v) is 5.54. The van der Waals surface area contributed by atoms with Crippen molar-refractivity contribution in [2.75, 3.05) is 18.2 Å². The average Bonchev–Trinajstić information content (AvgIpc) is 2.25. The number of ether oxygens (including phenoxy) is 1. The van der Waals surface area contributed by atoms with Crippen LogP contribution in [0.4, 0.5) is 0 Å². The first-order chi connectivity index (χ1) is 7.56. The highest BCUT2D eigenvalue weighted by Crippen LogP contribution is 2.10. The average molecular weight is 244 g/mol. The zero-order valence-corrected chi connectivity index (χ0v) is 9.78. The predicted molar refractivity (Wildman–Crippen MR) is 58.5 cm³/mol. The molecular weight excluding hydrogens is 232 g/mol. The molecule has 0 saturated heterocycles. The summed E-state index contributed by atoms with van der Waals surface area (Å²) in [5.41, 5.74) is -0.218. The number of carbonyl (C=O) groups is 1. The lowest BCUT2D eigenvalue weighted by Crippen LogP contribution is -2.32. The number of nitrogens with two attached hydrogens (primary N) is 1. The Morgan fingerprint density at radius 3 is 2.88 bits per heavy atom. The fourth-order valence-electron chi connectivity index (χ4n) is 0.894. The molecule has 0 aromatic carbocycles. The van der Waals surface area contributed by atoms with Gasteiger partial charge < -0.3 is 10.6 Å². The van der Waals surface area contributed by atoms with Crippen molar-refractivity contribution in [3.05, 3.63) is 16.0 Å². The van der Waals surface area contributed by atoms with E-state index in [9.17, 15) is 9.59 Å². The molecule has 0 spiro atoms. The van der Waals surface area contributed by atoms with Gasteiger partial charge in [-0.1, -0.05) is 11.8 Å². The Balaban J connectivity index is 2.72. The molecule has 0 bridgehead atoms. The first-order valence-electron chi connectivity index (χ1n) is 4.56. The second-order valence-electron chi connectivity index (χ2n) is 2.84. The molecule has 88 valence electrons. The van der Waals surface area contributed by atoms with Crippen molar-refractivity contribution >= 4 is 17.7 Å². The highest BCUT2D eigenvalue weighted by Gasteiger charge is 2.10. The topological polar surface area (TPSA) is 100 Å². The van der Waals surface area contributed by atoms with E-state index in [2.05, 4.69) is 10.2 Å². The smallest absolute Gasteiger partial charge is 0.316 e. The number of hydrogen-bond donors (Lipinski definition) is 1. The third kappa shape index (κ3) is 2.96. The van der Waals surface area contributed by atoms with Gasteiger partial charge in [0.05, 0.1) is 12.4 Å². The minimum absolute atomic E-state index is 0.0439. The van der Waals surface area contributed by atoms with Gasteiger partial charge in [-0.05, 0) is 13.8 Å². The maximum atomic E-state index is 11.4. The van der Waals surface area contributed by atoms with Crippen LogP contribution in [0.5, 0.6) is 0 Å². The molecule has 0 fully saturated rings. The molecular formula is C8H12N4O3S. The van der Waals surface area contributed by atoms with Crippen LogP contribution in [0.3, 0.4) is 0 Å². The second kappa shape index (κ2) is 5.50. The largest absolute Gasteiger partial charge is 0.465 e. The maximum absolute atomic E-state index is 11.4. The van der Waals surface area contributed by atoms with Gasteiger partial charge in [-0.3, -0.25) is 9.59 Å². The SMILES string of the molecule is CCOC(=O)CSc1nnc(C)c(=O)n1N. The monoisotopic (exact) mass is 244 g/mol. The molecule has 0 amide bonds. The molecule has 7 nitrogen and oxygen atoms in total. The molecule has 0 aliphatic heterocycles. The van der Waals surface area contributed by atoms with Crippen LogP contribution < -0.4 is 11.4 Å². The van der Waals surface area contributed by atoms with E-state index in [0.717, 1.165) is 16.4 Å². The Kier molecular flexibility index (Phi) is 4.29. The molecule has 1 aromatic rings. The van der Waals surface area contributed by atoms with Gasteiger partial charge in [0.2, 0.25) is 5.16 Å². The third-order valence-corrected chi connectivity index (χ3v) is 2.56. The molecule has 8 heteroatoms. The summed E-state index contributed by atoms with van der Waals surface area (Å²) in [7, 11) is 0. The van der Waals surface area contributed by atoms with Gasteiger partial charge in [0, 0.05) is 0 Å². The summed E-state index contributed by atoms with van der Waals surface area (Å²) in [5, 5.41) is 7.52. The number of rotatable bonds is 4. The van der Waals surface area contributed by atoms with Crippen LogP contribution in [0, 0.1) is 6.92 Å². The zero-order valence-electron chi connectivity index (χ0n) is 8.97. The number of thioether (sulfide) groups is 1. The van der Waals surface area contributed by atoms with E-state index in [4.69, 9.17) is 10.6 Å². The van der Waals surface area contributed by atoms with E-state index in [1.54, 1.807) is 6.92 Å². The van der Waals surface area contributed by atoms with Crippen LogP contribution >= 0.6 is 11.8 Å². The fourth-order valence-corrected chi connectivity index (χ4v) is 1.55. The lowest BCUT2D eigenvalue weighted by molar-refractivity contribution is -0.139. The van der Waals surface area contributed by atoms with Gasteiger partial charge in [-0.15, -0.1) is 10.2 Å². The molecule has 1 aromatic heterocycles. The number of nitrogens with zero attached hydrogens (tertiary/aromatic N) is 3. The molecule has 0 atom stereocenters. The fraction of sp³-hybridized carbons (Fsp3) is 0.500. The van der Waals surface area contributed by atoms with E-state index < -0.39 is 5.56 Å². The van der Waals surface area contributed by atoms with Gasteiger partial charge >= 0.3 is 5.97 Å². The van der Waals surface area contributed by atoms with Gasteiger partial charge in [-0.2, -0.15) is 4.68 Å². The van der Waals surface area contributed by atoms with Crippen molar-refractivity contribution in [3.63, 3.8) is 0 Å². The molecule has 1 rings (SSSR count). The summed E-state index contributed by atoms with van der Waals surface area (Å²) in [5.74, 6) is 5.13.